The number of nitrogens with zero attached hydrogens (tertiary/aromatic N) is 2. The van der Waals surface area contributed by atoms with Gasteiger partial charge in [0, 0.05) is 17.8 Å². The molecule has 0 unspecified atom stereocenters. The van der Waals surface area contributed by atoms with Gasteiger partial charge in [-0.1, -0.05) is 23.2 Å². The van der Waals surface area contributed by atoms with E-state index < -0.39 is 0 Å². The fraction of sp³-hybridized carbons (Fsp3) is 0.167. The minimum atomic E-state index is 0.394. The van der Waals surface area contributed by atoms with E-state index in [2.05, 4.69) is 15.3 Å². The Bertz CT molecular complexity index is 555. The molecule has 1 aromatic carbocycles. The van der Waals surface area contributed by atoms with Crippen LogP contribution in [0.4, 0.5) is 11.5 Å². The van der Waals surface area contributed by atoms with E-state index in [4.69, 9.17) is 27.9 Å². The molecule has 0 aliphatic heterocycles. The molecular formula is C12H11Cl2N3O. The zero-order valence-corrected chi connectivity index (χ0v) is 11.4. The number of ether oxygens (including phenoxy) is 1. The van der Waals surface area contributed by atoms with Gasteiger partial charge in [0.15, 0.2) is 0 Å². The maximum Gasteiger partial charge on any atom is 0.139 e. The third-order valence-corrected chi connectivity index (χ3v) is 2.74. The van der Waals surface area contributed by atoms with E-state index in [1.165, 1.54) is 0 Å². The van der Waals surface area contributed by atoms with Crippen molar-refractivity contribution < 1.29 is 4.74 Å². The Morgan fingerprint density at radius 3 is 2.61 bits per heavy atom. The van der Waals surface area contributed by atoms with Gasteiger partial charge in [-0.25, -0.2) is 9.97 Å². The van der Waals surface area contributed by atoms with Crippen molar-refractivity contribution >= 4 is 34.7 Å². The van der Waals surface area contributed by atoms with E-state index in [1.54, 1.807) is 32.2 Å². The Labute approximate surface area is 115 Å². The molecule has 0 fully saturated rings. The summed E-state index contributed by atoms with van der Waals surface area (Å²) >= 11 is 11.8. The van der Waals surface area contributed by atoms with E-state index in [0.29, 0.717) is 27.6 Å². The normalized spacial score (nSPS) is 10.2. The highest BCUT2D eigenvalue weighted by molar-refractivity contribution is 6.32. The molecule has 6 heteroatoms. The zero-order chi connectivity index (χ0) is 13.1. The average molecular weight is 284 g/mol. The molecular weight excluding hydrogens is 273 g/mol. The van der Waals surface area contributed by atoms with Gasteiger partial charge in [-0.3, -0.25) is 0 Å². The summed E-state index contributed by atoms with van der Waals surface area (Å²) in [6.07, 6.45) is 0. The van der Waals surface area contributed by atoms with Crippen LogP contribution in [0.5, 0.6) is 5.75 Å². The molecule has 0 saturated carbocycles. The largest absolute Gasteiger partial charge is 0.495 e. The van der Waals surface area contributed by atoms with Crippen molar-refractivity contribution in [3.8, 4) is 5.75 Å². The van der Waals surface area contributed by atoms with Crippen LogP contribution >= 0.6 is 23.2 Å². The monoisotopic (exact) mass is 283 g/mol. The highest BCUT2D eigenvalue weighted by Gasteiger charge is 2.04. The third-order valence-electron chi connectivity index (χ3n) is 2.23. The first kappa shape index (κ1) is 12.9. The molecule has 0 bridgehead atoms. The van der Waals surface area contributed by atoms with Crippen LogP contribution in [0.15, 0.2) is 24.3 Å². The first-order valence-corrected chi connectivity index (χ1v) is 5.96. The highest BCUT2D eigenvalue weighted by atomic mass is 35.5. The number of halogens is 2. The van der Waals surface area contributed by atoms with Crippen LogP contribution in [0.2, 0.25) is 10.2 Å². The molecule has 0 aliphatic carbocycles. The van der Waals surface area contributed by atoms with Gasteiger partial charge < -0.3 is 10.1 Å². The van der Waals surface area contributed by atoms with Gasteiger partial charge in [-0.05, 0) is 19.1 Å². The molecule has 0 saturated heterocycles. The maximum atomic E-state index is 5.95. The Kier molecular flexibility index (Phi) is 3.89. The fourth-order valence-corrected chi connectivity index (χ4v) is 1.90. The molecule has 0 amide bonds. The number of rotatable bonds is 3. The lowest BCUT2D eigenvalue weighted by atomic mass is 10.3. The standard InChI is InChI=1S/C12H11Cl2N3O/c1-7-15-11(14)6-12(16-7)17-8-3-4-9(13)10(5-8)18-2/h3-6H,1-2H3,(H,15,16,17). The smallest absolute Gasteiger partial charge is 0.139 e. The Morgan fingerprint density at radius 1 is 1.17 bits per heavy atom. The highest BCUT2D eigenvalue weighted by Crippen LogP contribution is 2.28. The Hall–Kier alpha value is -1.52. The van der Waals surface area contributed by atoms with Crippen LogP contribution < -0.4 is 10.1 Å². The third kappa shape index (κ3) is 3.03. The first-order valence-electron chi connectivity index (χ1n) is 5.20. The minimum Gasteiger partial charge on any atom is -0.495 e. The predicted octanol–water partition coefficient (Wildman–Crippen LogP) is 3.84. The lowest BCUT2D eigenvalue weighted by Crippen LogP contribution is -1.97. The van der Waals surface area contributed by atoms with E-state index >= 15 is 0 Å². The van der Waals surface area contributed by atoms with Crippen LogP contribution in [-0.2, 0) is 0 Å². The van der Waals surface area contributed by atoms with Crippen molar-refractivity contribution in [2.75, 3.05) is 12.4 Å². The number of nitrogens with one attached hydrogen (secondary N) is 1. The van der Waals surface area contributed by atoms with Crippen molar-refractivity contribution in [1.82, 2.24) is 9.97 Å². The summed E-state index contributed by atoms with van der Waals surface area (Å²) in [5.41, 5.74) is 0.811. The molecule has 0 atom stereocenters. The van der Waals surface area contributed by atoms with Crippen LogP contribution in [0.1, 0.15) is 5.82 Å². The second kappa shape index (κ2) is 5.42. The van der Waals surface area contributed by atoms with Gasteiger partial charge in [0.2, 0.25) is 0 Å². The van der Waals surface area contributed by atoms with Crippen molar-refractivity contribution in [3.63, 3.8) is 0 Å². The lowest BCUT2D eigenvalue weighted by Gasteiger charge is -2.09. The topological polar surface area (TPSA) is 47.0 Å². The van der Waals surface area contributed by atoms with E-state index in [-0.39, 0.29) is 0 Å². The molecule has 1 aromatic heterocycles. The number of anilines is 2. The average Bonchev–Trinajstić information content (AvgIpc) is 2.30. The quantitative estimate of drug-likeness (QED) is 0.870. The van der Waals surface area contributed by atoms with E-state index in [0.717, 1.165) is 5.69 Å². The molecule has 94 valence electrons. The molecule has 18 heavy (non-hydrogen) atoms. The van der Waals surface area contributed by atoms with Gasteiger partial charge in [0.25, 0.3) is 0 Å². The van der Waals surface area contributed by atoms with Crippen molar-refractivity contribution in [3.05, 3.63) is 40.3 Å². The number of hydrogen-bond donors (Lipinski definition) is 1. The first-order chi connectivity index (χ1) is 8.58. The maximum absolute atomic E-state index is 5.95. The SMILES string of the molecule is COc1cc(Nc2cc(Cl)nc(C)n2)ccc1Cl. The van der Waals surface area contributed by atoms with Crippen LogP contribution in [-0.4, -0.2) is 17.1 Å². The number of benzene rings is 1. The summed E-state index contributed by atoms with van der Waals surface area (Å²) in [4.78, 5) is 8.22. The Morgan fingerprint density at radius 2 is 1.94 bits per heavy atom. The molecule has 1 N–H and O–H groups in total. The van der Waals surface area contributed by atoms with Gasteiger partial charge in [-0.2, -0.15) is 0 Å². The summed E-state index contributed by atoms with van der Waals surface area (Å²) in [5.74, 6) is 1.82. The van der Waals surface area contributed by atoms with Gasteiger partial charge >= 0.3 is 0 Å². The van der Waals surface area contributed by atoms with Crippen molar-refractivity contribution in [2.24, 2.45) is 0 Å². The van der Waals surface area contributed by atoms with E-state index in [9.17, 15) is 0 Å². The molecule has 2 rings (SSSR count). The molecule has 2 aromatic rings. The molecule has 1 heterocycles. The fourth-order valence-electron chi connectivity index (χ4n) is 1.48. The number of aryl methyl sites for hydroxylation is 1. The van der Waals surface area contributed by atoms with Crippen LogP contribution in [0, 0.1) is 6.92 Å². The van der Waals surface area contributed by atoms with E-state index in [1.807, 2.05) is 6.07 Å². The van der Waals surface area contributed by atoms with Gasteiger partial charge in [0.1, 0.15) is 22.5 Å². The molecule has 0 spiro atoms. The zero-order valence-electron chi connectivity index (χ0n) is 9.87. The summed E-state index contributed by atoms with van der Waals surface area (Å²) in [7, 11) is 1.57. The van der Waals surface area contributed by atoms with Crippen LogP contribution in [0.3, 0.4) is 0 Å². The van der Waals surface area contributed by atoms with Gasteiger partial charge in [-0.15, -0.1) is 0 Å². The predicted molar refractivity (Wildman–Crippen MR) is 73.1 cm³/mol. The summed E-state index contributed by atoms with van der Waals surface area (Å²) < 4.78 is 5.14. The second-order valence-corrected chi connectivity index (χ2v) is 4.39. The number of aromatic nitrogens is 2. The molecule has 0 radical (unpaired) electrons. The molecule has 4 nitrogen and oxygen atoms in total. The number of hydrogen-bond acceptors (Lipinski definition) is 4. The summed E-state index contributed by atoms with van der Waals surface area (Å²) in [6, 6.07) is 7.01. The Balaban J connectivity index is 2.28. The second-order valence-electron chi connectivity index (χ2n) is 3.60. The van der Waals surface area contributed by atoms with Crippen molar-refractivity contribution in [1.29, 1.82) is 0 Å². The van der Waals surface area contributed by atoms with Crippen LogP contribution in [0.25, 0.3) is 0 Å². The molecule has 0 aliphatic rings. The summed E-state index contributed by atoms with van der Waals surface area (Å²) in [5, 5.41) is 4.06. The number of methoxy groups -OCH3 is 1. The minimum absolute atomic E-state index is 0.394. The lowest BCUT2D eigenvalue weighted by molar-refractivity contribution is 0.415. The summed E-state index contributed by atoms with van der Waals surface area (Å²) in [6.45, 7) is 1.78. The van der Waals surface area contributed by atoms with Crippen molar-refractivity contribution in [2.45, 2.75) is 6.92 Å². The van der Waals surface area contributed by atoms with Gasteiger partial charge in [0.05, 0.1) is 12.1 Å².